The molecule has 1 fully saturated rings. The van der Waals surface area contributed by atoms with E-state index in [0.717, 1.165) is 57.3 Å². The molecule has 1 N–H and O–H groups in total. The molecule has 114 valence electrons. The van der Waals surface area contributed by atoms with Crippen LogP contribution in [-0.4, -0.2) is 24.5 Å². The van der Waals surface area contributed by atoms with Gasteiger partial charge in [-0.3, -0.25) is 4.79 Å². The summed E-state index contributed by atoms with van der Waals surface area (Å²) in [5.74, 6) is 0.298. The molecule has 3 rings (SSSR count). The lowest BCUT2D eigenvalue weighted by atomic mass is 9.88. The van der Waals surface area contributed by atoms with Gasteiger partial charge < -0.3 is 10.2 Å². The van der Waals surface area contributed by atoms with Crippen molar-refractivity contribution in [1.29, 1.82) is 0 Å². The van der Waals surface area contributed by atoms with Gasteiger partial charge in [-0.1, -0.05) is 31.0 Å². The molecule has 0 aromatic heterocycles. The van der Waals surface area contributed by atoms with Crippen molar-refractivity contribution >= 4 is 11.6 Å². The Bertz CT molecular complexity index is 532. The summed E-state index contributed by atoms with van der Waals surface area (Å²) in [5, 5.41) is 3.52. The van der Waals surface area contributed by atoms with Crippen LogP contribution in [0.3, 0.4) is 0 Å². The molecule has 3 nitrogen and oxygen atoms in total. The summed E-state index contributed by atoms with van der Waals surface area (Å²) in [6, 6.07) is 6.50. The number of anilines is 1. The SMILES string of the molecule is CCCC1(C(=O)N2CCCc3cc(C)ccc32)CCCN1. The van der Waals surface area contributed by atoms with Crippen molar-refractivity contribution < 1.29 is 4.79 Å². The fourth-order valence-corrected chi connectivity index (χ4v) is 3.93. The van der Waals surface area contributed by atoms with Crippen LogP contribution in [0.5, 0.6) is 0 Å². The highest BCUT2D eigenvalue weighted by Crippen LogP contribution is 2.33. The predicted octanol–water partition coefficient (Wildman–Crippen LogP) is 3.20. The maximum absolute atomic E-state index is 13.2. The first-order valence-corrected chi connectivity index (χ1v) is 8.33. The molecule has 0 spiro atoms. The van der Waals surface area contributed by atoms with Gasteiger partial charge in [0.25, 0.3) is 0 Å². The summed E-state index contributed by atoms with van der Waals surface area (Å²) in [6.45, 7) is 6.13. The van der Waals surface area contributed by atoms with E-state index in [1.54, 1.807) is 0 Å². The minimum Gasteiger partial charge on any atom is -0.311 e. The summed E-state index contributed by atoms with van der Waals surface area (Å²) in [5.41, 5.74) is 3.44. The van der Waals surface area contributed by atoms with E-state index in [9.17, 15) is 4.79 Å². The van der Waals surface area contributed by atoms with E-state index in [1.807, 2.05) is 4.90 Å². The molecule has 1 amide bonds. The lowest BCUT2D eigenvalue weighted by molar-refractivity contribution is -0.124. The molecule has 1 atom stereocenters. The van der Waals surface area contributed by atoms with Gasteiger partial charge in [0.1, 0.15) is 0 Å². The smallest absolute Gasteiger partial charge is 0.247 e. The molecule has 0 bridgehead atoms. The lowest BCUT2D eigenvalue weighted by Crippen LogP contribution is -2.56. The number of benzene rings is 1. The minimum atomic E-state index is -0.311. The van der Waals surface area contributed by atoms with Crippen molar-refractivity contribution in [1.82, 2.24) is 5.32 Å². The molecule has 3 heteroatoms. The zero-order valence-corrected chi connectivity index (χ0v) is 13.2. The van der Waals surface area contributed by atoms with E-state index in [1.165, 1.54) is 11.1 Å². The molecule has 2 aliphatic heterocycles. The fourth-order valence-electron chi connectivity index (χ4n) is 3.93. The molecule has 0 saturated carbocycles. The lowest BCUT2D eigenvalue weighted by Gasteiger charge is -2.37. The van der Waals surface area contributed by atoms with Crippen molar-refractivity contribution in [3.05, 3.63) is 29.3 Å². The van der Waals surface area contributed by atoms with E-state index in [4.69, 9.17) is 0 Å². The summed E-state index contributed by atoms with van der Waals surface area (Å²) in [4.78, 5) is 15.3. The van der Waals surface area contributed by atoms with Crippen LogP contribution in [0.1, 0.15) is 50.2 Å². The van der Waals surface area contributed by atoms with Crippen LogP contribution >= 0.6 is 0 Å². The van der Waals surface area contributed by atoms with Crippen molar-refractivity contribution in [3.63, 3.8) is 0 Å². The number of nitrogens with zero attached hydrogens (tertiary/aromatic N) is 1. The first kappa shape index (κ1) is 14.6. The Morgan fingerprint density at radius 1 is 1.38 bits per heavy atom. The highest BCUT2D eigenvalue weighted by molar-refractivity contribution is 6.01. The first-order valence-electron chi connectivity index (χ1n) is 8.33. The third kappa shape index (κ3) is 2.59. The summed E-state index contributed by atoms with van der Waals surface area (Å²) in [6.07, 6.45) is 6.26. The summed E-state index contributed by atoms with van der Waals surface area (Å²) in [7, 11) is 0. The van der Waals surface area contributed by atoms with Crippen LogP contribution in [-0.2, 0) is 11.2 Å². The van der Waals surface area contributed by atoms with Crippen molar-refractivity contribution in [2.24, 2.45) is 0 Å². The van der Waals surface area contributed by atoms with Crippen LogP contribution in [0.4, 0.5) is 5.69 Å². The minimum absolute atomic E-state index is 0.298. The second-order valence-corrected chi connectivity index (χ2v) is 6.55. The van der Waals surface area contributed by atoms with Gasteiger partial charge in [-0.15, -0.1) is 0 Å². The van der Waals surface area contributed by atoms with Crippen LogP contribution in [0, 0.1) is 6.92 Å². The van der Waals surface area contributed by atoms with Gasteiger partial charge in [-0.2, -0.15) is 0 Å². The van der Waals surface area contributed by atoms with Gasteiger partial charge in [-0.25, -0.2) is 0 Å². The highest BCUT2D eigenvalue weighted by Gasteiger charge is 2.43. The average molecular weight is 286 g/mol. The summed E-state index contributed by atoms with van der Waals surface area (Å²) >= 11 is 0. The van der Waals surface area contributed by atoms with E-state index < -0.39 is 0 Å². The number of fused-ring (bicyclic) bond motifs is 1. The molecule has 2 aliphatic rings. The monoisotopic (exact) mass is 286 g/mol. The quantitative estimate of drug-likeness (QED) is 0.925. The maximum Gasteiger partial charge on any atom is 0.247 e. The highest BCUT2D eigenvalue weighted by atomic mass is 16.2. The number of amides is 1. The van der Waals surface area contributed by atoms with Gasteiger partial charge in [0.15, 0.2) is 0 Å². The Balaban J connectivity index is 1.92. The first-order chi connectivity index (χ1) is 10.2. The second kappa shape index (κ2) is 5.80. The van der Waals surface area contributed by atoms with Gasteiger partial charge >= 0.3 is 0 Å². The van der Waals surface area contributed by atoms with Gasteiger partial charge in [0, 0.05) is 12.2 Å². The van der Waals surface area contributed by atoms with Gasteiger partial charge in [0.05, 0.1) is 5.54 Å². The van der Waals surface area contributed by atoms with Crippen molar-refractivity contribution in [2.75, 3.05) is 18.0 Å². The zero-order chi connectivity index (χ0) is 14.9. The molecular weight excluding hydrogens is 260 g/mol. The van der Waals surface area contributed by atoms with E-state index >= 15 is 0 Å². The Kier molecular flexibility index (Phi) is 4.03. The molecule has 1 saturated heterocycles. The standard InChI is InChI=1S/C18H26N2O/c1-3-9-18(10-5-11-19-18)17(21)20-12-4-6-15-13-14(2)7-8-16(15)20/h7-8,13,19H,3-6,9-12H2,1-2H3. The zero-order valence-electron chi connectivity index (χ0n) is 13.2. The molecular formula is C18H26N2O. The Morgan fingerprint density at radius 3 is 2.95 bits per heavy atom. The Hall–Kier alpha value is -1.35. The molecule has 21 heavy (non-hydrogen) atoms. The molecule has 0 radical (unpaired) electrons. The number of rotatable bonds is 3. The maximum atomic E-state index is 13.2. The molecule has 1 aromatic rings. The van der Waals surface area contributed by atoms with Crippen molar-refractivity contribution in [3.8, 4) is 0 Å². The Morgan fingerprint density at radius 2 is 2.24 bits per heavy atom. The van der Waals surface area contributed by atoms with Crippen LogP contribution in [0.2, 0.25) is 0 Å². The van der Waals surface area contributed by atoms with Crippen molar-refractivity contribution in [2.45, 2.75) is 57.9 Å². The predicted molar refractivity (Wildman–Crippen MR) is 86.7 cm³/mol. The number of aryl methyl sites for hydroxylation is 2. The molecule has 0 aliphatic carbocycles. The third-order valence-electron chi connectivity index (χ3n) is 4.93. The van der Waals surface area contributed by atoms with Crippen LogP contribution in [0.25, 0.3) is 0 Å². The number of hydrogen-bond acceptors (Lipinski definition) is 2. The van der Waals surface area contributed by atoms with Crippen LogP contribution in [0.15, 0.2) is 18.2 Å². The van der Waals surface area contributed by atoms with E-state index in [0.29, 0.717) is 5.91 Å². The number of carbonyl (C=O) groups excluding carboxylic acids is 1. The fraction of sp³-hybridized carbons (Fsp3) is 0.611. The molecule has 1 unspecified atom stereocenters. The number of hydrogen-bond donors (Lipinski definition) is 1. The molecule has 2 heterocycles. The summed E-state index contributed by atoms with van der Waals surface area (Å²) < 4.78 is 0. The topological polar surface area (TPSA) is 32.3 Å². The molecule has 1 aromatic carbocycles. The van der Waals surface area contributed by atoms with E-state index in [2.05, 4.69) is 37.4 Å². The third-order valence-corrected chi connectivity index (χ3v) is 4.93. The van der Waals surface area contributed by atoms with Gasteiger partial charge in [-0.05, 0) is 57.2 Å². The average Bonchev–Trinajstić information content (AvgIpc) is 2.96. The van der Waals surface area contributed by atoms with Crippen LogP contribution < -0.4 is 10.2 Å². The second-order valence-electron chi connectivity index (χ2n) is 6.55. The Labute approximate surface area is 127 Å². The van der Waals surface area contributed by atoms with Gasteiger partial charge in [0.2, 0.25) is 5.91 Å². The largest absolute Gasteiger partial charge is 0.311 e. The van der Waals surface area contributed by atoms with E-state index in [-0.39, 0.29) is 5.54 Å². The normalized spacial score (nSPS) is 25.0. The number of carbonyl (C=O) groups is 1. The number of nitrogens with one attached hydrogen (secondary N) is 1.